The Labute approximate surface area is 314 Å². The van der Waals surface area contributed by atoms with Gasteiger partial charge >= 0.3 is 0 Å². The van der Waals surface area contributed by atoms with Gasteiger partial charge in [0.2, 0.25) is 0 Å². The van der Waals surface area contributed by atoms with Gasteiger partial charge < -0.3 is 9.13 Å². The molecule has 0 atom stereocenters. The number of nitrogens with zero attached hydrogens (tertiary/aromatic N) is 4. The zero-order chi connectivity index (χ0) is 36.2. The Morgan fingerprint density at radius 2 is 0.759 bits per heavy atom. The molecule has 2 heterocycles. The van der Waals surface area contributed by atoms with Crippen LogP contribution < -0.4 is 0 Å². The van der Waals surface area contributed by atoms with Crippen LogP contribution in [0, 0.1) is 0 Å². The van der Waals surface area contributed by atoms with E-state index in [1.165, 1.54) is 55.3 Å². The fourth-order valence-electron chi connectivity index (χ4n) is 7.86. The monoisotopic (exact) mass is 692 g/mol. The fraction of sp³-hybridized carbons (Fsp3) is 0.0400. The van der Waals surface area contributed by atoms with Crippen LogP contribution in [0.4, 0.5) is 0 Å². The summed E-state index contributed by atoms with van der Waals surface area (Å²) in [6.07, 6.45) is 0. The molecule has 2 aromatic heterocycles. The van der Waals surface area contributed by atoms with Gasteiger partial charge in [0.25, 0.3) is 0 Å². The molecule has 4 heteroatoms. The van der Waals surface area contributed by atoms with Gasteiger partial charge in [0.1, 0.15) is 11.6 Å². The SMILES string of the molecule is Cn1c(-c2ccc(-c3ccc4c(-c5ccc(-c6nc7cc(-c8ccccc8)ccc7n6C)cc5)cccc4c3)cc2)nc2cc(-c3ccccc3)ccc21. The van der Waals surface area contributed by atoms with E-state index in [0.717, 1.165) is 44.8 Å². The average Bonchev–Trinajstić information content (AvgIpc) is 3.76. The number of aryl methyl sites for hydroxylation is 2. The standard InChI is InChI=1S/C50H36N4/c1-53-47-28-25-40(33-10-5-3-6-11-33)31-45(47)51-49(53)37-20-16-35(17-21-37)39-24-27-44-42(30-39)14-9-15-43(44)36-18-22-38(23-19-36)50-52-46-32-41(26-29-48(46)54(50)2)34-12-7-4-8-13-34/h3-32H,1-2H3. The predicted molar refractivity (Wildman–Crippen MR) is 225 cm³/mol. The van der Waals surface area contributed by atoms with Crippen LogP contribution in [0.5, 0.6) is 0 Å². The molecule has 4 nitrogen and oxygen atoms in total. The van der Waals surface area contributed by atoms with Crippen LogP contribution in [-0.4, -0.2) is 19.1 Å². The third-order valence-electron chi connectivity index (χ3n) is 10.8. The highest BCUT2D eigenvalue weighted by Crippen LogP contribution is 2.35. The highest BCUT2D eigenvalue weighted by atomic mass is 15.1. The molecule has 0 saturated carbocycles. The lowest BCUT2D eigenvalue weighted by molar-refractivity contribution is 0.959. The minimum Gasteiger partial charge on any atom is -0.327 e. The third kappa shape index (κ3) is 5.48. The largest absolute Gasteiger partial charge is 0.327 e. The quantitative estimate of drug-likeness (QED) is 0.174. The van der Waals surface area contributed by atoms with Crippen LogP contribution in [0.3, 0.4) is 0 Å². The Kier molecular flexibility index (Phi) is 7.55. The number of benzene rings is 8. The van der Waals surface area contributed by atoms with Crippen LogP contribution in [0.15, 0.2) is 182 Å². The topological polar surface area (TPSA) is 35.6 Å². The summed E-state index contributed by atoms with van der Waals surface area (Å²) in [5.41, 5.74) is 16.0. The first-order valence-corrected chi connectivity index (χ1v) is 18.4. The van der Waals surface area contributed by atoms with E-state index in [2.05, 4.69) is 193 Å². The number of fused-ring (bicyclic) bond motifs is 3. The van der Waals surface area contributed by atoms with Crippen LogP contribution >= 0.6 is 0 Å². The molecule has 0 N–H and O–H groups in total. The van der Waals surface area contributed by atoms with E-state index in [9.17, 15) is 0 Å². The van der Waals surface area contributed by atoms with Gasteiger partial charge in [-0.3, -0.25) is 0 Å². The third-order valence-corrected chi connectivity index (χ3v) is 10.8. The number of imidazole rings is 2. The second kappa shape index (κ2) is 12.9. The molecule has 54 heavy (non-hydrogen) atoms. The van der Waals surface area contributed by atoms with Gasteiger partial charge in [-0.2, -0.15) is 0 Å². The highest BCUT2D eigenvalue weighted by Gasteiger charge is 2.14. The zero-order valence-corrected chi connectivity index (χ0v) is 30.1. The predicted octanol–water partition coefficient (Wildman–Crippen LogP) is 12.6. The lowest BCUT2D eigenvalue weighted by atomic mass is 9.94. The van der Waals surface area contributed by atoms with Gasteiger partial charge in [0.15, 0.2) is 0 Å². The molecule has 0 radical (unpaired) electrons. The Hall–Kier alpha value is -7.04. The minimum absolute atomic E-state index is 0.962. The minimum atomic E-state index is 0.962. The summed E-state index contributed by atoms with van der Waals surface area (Å²) >= 11 is 0. The van der Waals surface area contributed by atoms with E-state index < -0.39 is 0 Å². The van der Waals surface area contributed by atoms with E-state index in [0.29, 0.717) is 0 Å². The summed E-state index contributed by atoms with van der Waals surface area (Å²) in [5, 5.41) is 2.45. The normalized spacial score (nSPS) is 11.5. The molecule has 0 aliphatic rings. The molecular weight excluding hydrogens is 657 g/mol. The lowest BCUT2D eigenvalue weighted by Crippen LogP contribution is -1.92. The maximum Gasteiger partial charge on any atom is 0.140 e. The highest BCUT2D eigenvalue weighted by molar-refractivity contribution is 5.99. The van der Waals surface area contributed by atoms with Crippen molar-refractivity contribution in [1.82, 2.24) is 19.1 Å². The van der Waals surface area contributed by atoms with Gasteiger partial charge in [-0.15, -0.1) is 0 Å². The van der Waals surface area contributed by atoms with Gasteiger partial charge in [-0.1, -0.05) is 152 Å². The summed E-state index contributed by atoms with van der Waals surface area (Å²) in [4.78, 5) is 10.1. The molecule has 256 valence electrons. The molecule has 0 saturated heterocycles. The van der Waals surface area contributed by atoms with E-state index in [1.807, 2.05) is 12.1 Å². The van der Waals surface area contributed by atoms with E-state index in [-0.39, 0.29) is 0 Å². The van der Waals surface area contributed by atoms with E-state index in [4.69, 9.17) is 9.97 Å². The van der Waals surface area contributed by atoms with Crippen LogP contribution in [-0.2, 0) is 14.1 Å². The lowest BCUT2D eigenvalue weighted by Gasteiger charge is -2.11. The van der Waals surface area contributed by atoms with Crippen LogP contribution in [0.1, 0.15) is 0 Å². The molecular formula is C50H36N4. The van der Waals surface area contributed by atoms with Crippen molar-refractivity contribution in [3.63, 3.8) is 0 Å². The first-order chi connectivity index (χ1) is 26.6. The van der Waals surface area contributed by atoms with Crippen molar-refractivity contribution >= 4 is 32.8 Å². The number of hydrogen-bond acceptors (Lipinski definition) is 2. The van der Waals surface area contributed by atoms with Crippen molar-refractivity contribution in [3.05, 3.63) is 182 Å². The second-order valence-electron chi connectivity index (χ2n) is 14.0. The summed E-state index contributed by atoms with van der Waals surface area (Å²) in [7, 11) is 4.19. The summed E-state index contributed by atoms with van der Waals surface area (Å²) < 4.78 is 4.37. The van der Waals surface area contributed by atoms with Gasteiger partial charge in [0.05, 0.1) is 22.1 Å². The Bertz CT molecular complexity index is 2970. The van der Waals surface area contributed by atoms with E-state index >= 15 is 0 Å². The Morgan fingerprint density at radius 1 is 0.333 bits per heavy atom. The van der Waals surface area contributed by atoms with Crippen molar-refractivity contribution in [3.8, 4) is 67.3 Å². The van der Waals surface area contributed by atoms with Crippen molar-refractivity contribution in [2.24, 2.45) is 14.1 Å². The van der Waals surface area contributed by atoms with E-state index in [1.54, 1.807) is 0 Å². The molecule has 10 rings (SSSR count). The molecule has 8 aromatic carbocycles. The van der Waals surface area contributed by atoms with Gasteiger partial charge in [-0.25, -0.2) is 9.97 Å². The van der Waals surface area contributed by atoms with Crippen molar-refractivity contribution in [2.45, 2.75) is 0 Å². The van der Waals surface area contributed by atoms with Crippen molar-refractivity contribution < 1.29 is 0 Å². The first-order valence-electron chi connectivity index (χ1n) is 18.4. The second-order valence-corrected chi connectivity index (χ2v) is 14.0. The average molecular weight is 693 g/mol. The molecule has 0 spiro atoms. The number of hydrogen-bond donors (Lipinski definition) is 0. The maximum absolute atomic E-state index is 5.07. The number of rotatable bonds is 6. The smallest absolute Gasteiger partial charge is 0.140 e. The van der Waals surface area contributed by atoms with Gasteiger partial charge in [-0.05, 0) is 85.6 Å². The zero-order valence-electron chi connectivity index (χ0n) is 30.1. The fourth-order valence-corrected chi connectivity index (χ4v) is 7.86. The van der Waals surface area contributed by atoms with Gasteiger partial charge in [0, 0.05) is 25.2 Å². The molecule has 0 unspecified atom stereocenters. The van der Waals surface area contributed by atoms with Crippen molar-refractivity contribution in [2.75, 3.05) is 0 Å². The van der Waals surface area contributed by atoms with Crippen LogP contribution in [0.2, 0.25) is 0 Å². The molecule has 0 aliphatic heterocycles. The summed E-state index contributed by atoms with van der Waals surface area (Å²) in [6, 6.07) is 65.0. The van der Waals surface area contributed by atoms with Crippen molar-refractivity contribution in [1.29, 1.82) is 0 Å². The maximum atomic E-state index is 5.07. The molecule has 0 amide bonds. The first kappa shape index (κ1) is 31.7. The number of aromatic nitrogens is 4. The Balaban J connectivity index is 0.916. The van der Waals surface area contributed by atoms with Crippen LogP contribution in [0.25, 0.3) is 100 Å². The molecule has 10 aromatic rings. The Morgan fingerprint density at radius 3 is 1.30 bits per heavy atom. The molecule has 0 aliphatic carbocycles. The molecule has 0 fully saturated rings. The molecule has 0 bridgehead atoms. The summed E-state index contributed by atoms with van der Waals surface area (Å²) in [5.74, 6) is 1.92. The summed E-state index contributed by atoms with van der Waals surface area (Å²) in [6.45, 7) is 0.